The second-order valence-electron chi connectivity index (χ2n) is 5.85. The molecule has 0 aromatic carbocycles. The fourth-order valence-corrected chi connectivity index (χ4v) is 3.58. The van der Waals surface area contributed by atoms with Gasteiger partial charge < -0.3 is 21.3 Å². The van der Waals surface area contributed by atoms with Gasteiger partial charge in [-0.05, 0) is 17.4 Å². The van der Waals surface area contributed by atoms with Crippen molar-refractivity contribution in [3.8, 4) is 0 Å². The van der Waals surface area contributed by atoms with Gasteiger partial charge >= 0.3 is 6.03 Å². The van der Waals surface area contributed by atoms with E-state index in [0.717, 1.165) is 4.88 Å². The molecule has 1 aliphatic rings. The van der Waals surface area contributed by atoms with Crippen molar-refractivity contribution < 1.29 is 14.4 Å². The molecule has 2 rings (SSSR count). The van der Waals surface area contributed by atoms with E-state index in [4.69, 9.17) is 5.73 Å². The lowest BCUT2D eigenvalue weighted by Gasteiger charge is -2.38. The van der Waals surface area contributed by atoms with E-state index in [9.17, 15) is 14.4 Å². The molecule has 0 spiro atoms. The molecule has 1 aromatic rings. The molecule has 1 aromatic heterocycles. The summed E-state index contributed by atoms with van der Waals surface area (Å²) in [7, 11) is 0. The van der Waals surface area contributed by atoms with Gasteiger partial charge in [-0.3, -0.25) is 9.59 Å². The van der Waals surface area contributed by atoms with Crippen molar-refractivity contribution in [1.29, 1.82) is 0 Å². The lowest BCUT2D eigenvalue weighted by Crippen LogP contribution is -2.59. The molecule has 1 saturated heterocycles. The summed E-state index contributed by atoms with van der Waals surface area (Å²) in [6, 6.07) is 2.08. The number of carbonyl (C=O) groups excluding carboxylic acids is 3. The van der Waals surface area contributed by atoms with E-state index in [1.54, 1.807) is 4.90 Å². The Labute approximate surface area is 139 Å². The molecular weight excluding hydrogens is 316 g/mol. The number of primary amides is 1. The van der Waals surface area contributed by atoms with Gasteiger partial charge in [-0.2, -0.15) is 0 Å². The zero-order valence-electron chi connectivity index (χ0n) is 13.2. The van der Waals surface area contributed by atoms with Crippen molar-refractivity contribution in [3.63, 3.8) is 0 Å². The second kappa shape index (κ2) is 7.45. The molecule has 8 heteroatoms. The van der Waals surface area contributed by atoms with Crippen molar-refractivity contribution in [2.75, 3.05) is 13.1 Å². The third-order valence-electron chi connectivity index (χ3n) is 3.79. The molecule has 126 valence electrons. The van der Waals surface area contributed by atoms with E-state index in [1.807, 2.05) is 31.4 Å². The molecule has 23 heavy (non-hydrogen) atoms. The first-order valence-electron chi connectivity index (χ1n) is 7.56. The Morgan fingerprint density at radius 2 is 2.26 bits per heavy atom. The quantitative estimate of drug-likeness (QED) is 0.740. The van der Waals surface area contributed by atoms with Crippen molar-refractivity contribution in [2.45, 2.75) is 32.4 Å². The van der Waals surface area contributed by atoms with Crippen LogP contribution < -0.4 is 16.4 Å². The number of thiophene rings is 1. The molecule has 0 bridgehead atoms. The number of nitrogens with zero attached hydrogens (tertiary/aromatic N) is 1. The van der Waals surface area contributed by atoms with Crippen LogP contribution in [0.2, 0.25) is 0 Å². The van der Waals surface area contributed by atoms with Crippen LogP contribution in [-0.4, -0.2) is 41.9 Å². The molecular formula is C15H22N4O3S. The van der Waals surface area contributed by atoms with E-state index >= 15 is 0 Å². The number of carbonyl (C=O) groups is 3. The van der Waals surface area contributed by atoms with Crippen molar-refractivity contribution >= 4 is 29.2 Å². The third kappa shape index (κ3) is 4.22. The van der Waals surface area contributed by atoms with Crippen LogP contribution in [0.5, 0.6) is 0 Å². The smallest absolute Gasteiger partial charge is 0.312 e. The summed E-state index contributed by atoms with van der Waals surface area (Å²) in [6.07, 6.45) is 0.0833. The highest BCUT2D eigenvalue weighted by atomic mass is 32.1. The summed E-state index contributed by atoms with van der Waals surface area (Å²) >= 11 is 1.45. The zero-order chi connectivity index (χ0) is 17.0. The van der Waals surface area contributed by atoms with Gasteiger partial charge in [0.2, 0.25) is 11.8 Å². The molecule has 4 N–H and O–H groups in total. The molecule has 2 unspecified atom stereocenters. The number of amides is 4. The molecule has 0 radical (unpaired) electrons. The minimum atomic E-state index is -0.673. The van der Waals surface area contributed by atoms with Crippen LogP contribution in [0.25, 0.3) is 0 Å². The SMILES string of the molecule is CC(C)C1C(=O)NCCN1C(=O)CC(NC(N)=O)c1cccs1. The molecule has 0 aliphatic carbocycles. The summed E-state index contributed by atoms with van der Waals surface area (Å²) in [4.78, 5) is 38.4. The number of hydrogen-bond acceptors (Lipinski definition) is 4. The predicted molar refractivity (Wildman–Crippen MR) is 87.7 cm³/mol. The maximum Gasteiger partial charge on any atom is 0.312 e. The van der Waals surface area contributed by atoms with Crippen molar-refractivity contribution in [2.24, 2.45) is 11.7 Å². The van der Waals surface area contributed by atoms with E-state index in [0.29, 0.717) is 13.1 Å². The van der Waals surface area contributed by atoms with E-state index < -0.39 is 18.1 Å². The van der Waals surface area contributed by atoms with E-state index in [-0.39, 0.29) is 24.2 Å². The zero-order valence-corrected chi connectivity index (χ0v) is 14.1. The molecule has 1 aliphatic heterocycles. The number of hydrogen-bond donors (Lipinski definition) is 3. The van der Waals surface area contributed by atoms with Gasteiger partial charge in [-0.15, -0.1) is 11.3 Å². The Morgan fingerprint density at radius 1 is 1.52 bits per heavy atom. The molecule has 0 saturated carbocycles. The van der Waals surface area contributed by atoms with Gasteiger partial charge in [0.1, 0.15) is 6.04 Å². The number of rotatable bonds is 5. The van der Waals surface area contributed by atoms with Crippen LogP contribution in [0.3, 0.4) is 0 Å². The van der Waals surface area contributed by atoms with E-state index in [2.05, 4.69) is 10.6 Å². The lowest BCUT2D eigenvalue weighted by atomic mass is 9.98. The molecule has 2 atom stereocenters. The Morgan fingerprint density at radius 3 is 2.83 bits per heavy atom. The summed E-state index contributed by atoms with van der Waals surface area (Å²) < 4.78 is 0. The Balaban J connectivity index is 2.13. The maximum absolute atomic E-state index is 12.7. The first-order valence-corrected chi connectivity index (χ1v) is 8.44. The molecule has 2 heterocycles. The minimum Gasteiger partial charge on any atom is -0.353 e. The van der Waals surface area contributed by atoms with E-state index in [1.165, 1.54) is 11.3 Å². The van der Waals surface area contributed by atoms with Crippen LogP contribution in [0, 0.1) is 5.92 Å². The van der Waals surface area contributed by atoms with Gasteiger partial charge in [0, 0.05) is 18.0 Å². The number of nitrogens with one attached hydrogen (secondary N) is 2. The largest absolute Gasteiger partial charge is 0.353 e. The van der Waals surface area contributed by atoms with Gasteiger partial charge in [0.05, 0.1) is 12.5 Å². The Bertz CT molecular complexity index is 573. The first kappa shape index (κ1) is 17.3. The van der Waals surface area contributed by atoms with Gasteiger partial charge in [0.25, 0.3) is 0 Å². The van der Waals surface area contributed by atoms with Crippen LogP contribution >= 0.6 is 11.3 Å². The maximum atomic E-state index is 12.7. The average Bonchev–Trinajstić information content (AvgIpc) is 2.99. The van der Waals surface area contributed by atoms with Crippen LogP contribution in [0.15, 0.2) is 17.5 Å². The summed E-state index contributed by atoms with van der Waals surface area (Å²) in [5, 5.41) is 7.28. The van der Waals surface area contributed by atoms with Crippen LogP contribution in [0.4, 0.5) is 4.79 Å². The standard InChI is InChI=1S/C15H22N4O3S/c1-9(2)13-14(21)17-5-6-19(13)12(20)8-10(18-15(16)22)11-4-3-7-23-11/h3-4,7,9-10,13H,5-6,8H2,1-2H3,(H,17,21)(H3,16,18,22). The topological polar surface area (TPSA) is 105 Å². The highest BCUT2D eigenvalue weighted by Gasteiger charge is 2.36. The minimum absolute atomic E-state index is 0.0172. The number of piperazine rings is 1. The number of nitrogens with two attached hydrogens (primary N) is 1. The monoisotopic (exact) mass is 338 g/mol. The summed E-state index contributed by atoms with van der Waals surface area (Å²) in [6.45, 7) is 4.74. The summed E-state index contributed by atoms with van der Waals surface area (Å²) in [5.74, 6) is -0.274. The highest BCUT2D eigenvalue weighted by Crippen LogP contribution is 2.24. The summed E-state index contributed by atoms with van der Waals surface area (Å²) in [5.41, 5.74) is 5.22. The normalized spacial score (nSPS) is 19.3. The predicted octanol–water partition coefficient (Wildman–Crippen LogP) is 0.831. The van der Waals surface area contributed by atoms with Gasteiger partial charge in [-0.1, -0.05) is 19.9 Å². The Kier molecular flexibility index (Phi) is 5.59. The Hall–Kier alpha value is -2.09. The van der Waals surface area contributed by atoms with Crippen LogP contribution in [-0.2, 0) is 9.59 Å². The van der Waals surface area contributed by atoms with Crippen molar-refractivity contribution in [3.05, 3.63) is 22.4 Å². The third-order valence-corrected chi connectivity index (χ3v) is 4.78. The second-order valence-corrected chi connectivity index (χ2v) is 6.83. The van der Waals surface area contributed by atoms with Gasteiger partial charge in [-0.25, -0.2) is 4.79 Å². The fourth-order valence-electron chi connectivity index (χ4n) is 2.80. The molecule has 4 amide bonds. The first-order chi connectivity index (χ1) is 10.9. The molecule has 1 fully saturated rings. The lowest BCUT2D eigenvalue weighted by molar-refractivity contribution is -0.145. The van der Waals surface area contributed by atoms with Crippen molar-refractivity contribution in [1.82, 2.24) is 15.5 Å². The fraction of sp³-hybridized carbons (Fsp3) is 0.533. The average molecular weight is 338 g/mol. The highest BCUT2D eigenvalue weighted by molar-refractivity contribution is 7.10. The number of urea groups is 1. The molecule has 7 nitrogen and oxygen atoms in total. The van der Waals surface area contributed by atoms with Gasteiger partial charge in [0.15, 0.2) is 0 Å². The van der Waals surface area contributed by atoms with Crippen LogP contribution in [0.1, 0.15) is 31.2 Å².